The number of hydrogen-bond donors (Lipinski definition) is 3. The number of nitrogens with one attached hydrogen (secondary N) is 2. The standard InChI is InChI=1S/C25H34N6O3/c1-16(2)30-10-7-20(8-11-30)31-15-19(14-27-31)28-17(3)23-21-13-18(24(32)26-9-12-34-4)5-6-22(21)29-25(23)33/h5-6,13-16,20,29,33H,7-12H2,1-4H3,(H,26,32). The number of benzene rings is 1. The number of carbonyl (C=O) groups is 1. The number of ether oxygens (including phenoxy) is 1. The summed E-state index contributed by atoms with van der Waals surface area (Å²) < 4.78 is 7.00. The molecule has 0 atom stereocenters. The summed E-state index contributed by atoms with van der Waals surface area (Å²) in [7, 11) is 1.59. The minimum absolute atomic E-state index is 0.0293. The summed E-state index contributed by atoms with van der Waals surface area (Å²) in [5.74, 6) is -0.161. The second-order valence-corrected chi connectivity index (χ2v) is 9.09. The third-order valence-corrected chi connectivity index (χ3v) is 6.48. The summed E-state index contributed by atoms with van der Waals surface area (Å²) in [6.45, 7) is 9.35. The molecule has 1 aromatic carbocycles. The largest absolute Gasteiger partial charge is 0.494 e. The molecule has 9 heteroatoms. The maximum absolute atomic E-state index is 12.5. The first-order valence-corrected chi connectivity index (χ1v) is 11.8. The monoisotopic (exact) mass is 466 g/mol. The molecule has 1 amide bonds. The molecule has 0 spiro atoms. The number of hydrogen-bond acceptors (Lipinski definition) is 6. The Morgan fingerprint density at radius 1 is 1.35 bits per heavy atom. The summed E-state index contributed by atoms with van der Waals surface area (Å²) in [5, 5.41) is 18.7. The van der Waals surface area contributed by atoms with Crippen LogP contribution < -0.4 is 5.32 Å². The Kier molecular flexibility index (Phi) is 7.33. The van der Waals surface area contributed by atoms with E-state index >= 15 is 0 Å². The predicted octanol–water partition coefficient (Wildman–Crippen LogP) is 3.63. The molecule has 1 aliphatic heterocycles. The molecule has 4 rings (SSSR count). The van der Waals surface area contributed by atoms with Gasteiger partial charge in [0.15, 0.2) is 5.88 Å². The second kappa shape index (κ2) is 10.4. The number of likely N-dealkylation sites (tertiary alicyclic amines) is 1. The number of aromatic nitrogens is 3. The minimum Gasteiger partial charge on any atom is -0.494 e. The van der Waals surface area contributed by atoms with Crippen molar-refractivity contribution >= 4 is 28.2 Å². The van der Waals surface area contributed by atoms with Gasteiger partial charge in [-0.25, -0.2) is 4.99 Å². The molecule has 1 aliphatic rings. The molecule has 9 nitrogen and oxygen atoms in total. The first-order chi connectivity index (χ1) is 16.4. The van der Waals surface area contributed by atoms with Gasteiger partial charge in [-0.1, -0.05) is 0 Å². The summed E-state index contributed by atoms with van der Waals surface area (Å²) in [4.78, 5) is 22.7. The van der Waals surface area contributed by atoms with Gasteiger partial charge in [0.2, 0.25) is 0 Å². The molecule has 34 heavy (non-hydrogen) atoms. The molecule has 0 unspecified atom stereocenters. The summed E-state index contributed by atoms with van der Waals surface area (Å²) >= 11 is 0. The Morgan fingerprint density at radius 2 is 2.12 bits per heavy atom. The lowest BCUT2D eigenvalue weighted by atomic mass is 10.0. The quantitative estimate of drug-likeness (QED) is 0.347. The van der Waals surface area contributed by atoms with E-state index in [0.717, 1.165) is 42.5 Å². The van der Waals surface area contributed by atoms with E-state index in [1.54, 1.807) is 31.5 Å². The fraction of sp³-hybridized carbons (Fsp3) is 0.480. The Bertz CT molecular complexity index is 1170. The van der Waals surface area contributed by atoms with Gasteiger partial charge in [0.05, 0.1) is 36.3 Å². The van der Waals surface area contributed by atoms with Crippen LogP contribution in [0.4, 0.5) is 5.69 Å². The van der Waals surface area contributed by atoms with Crippen molar-refractivity contribution in [2.24, 2.45) is 4.99 Å². The predicted molar refractivity (Wildman–Crippen MR) is 133 cm³/mol. The van der Waals surface area contributed by atoms with Gasteiger partial charge < -0.3 is 25.0 Å². The van der Waals surface area contributed by atoms with E-state index in [9.17, 15) is 9.90 Å². The van der Waals surface area contributed by atoms with Crippen LogP contribution in [0, 0.1) is 0 Å². The van der Waals surface area contributed by atoms with E-state index < -0.39 is 0 Å². The van der Waals surface area contributed by atoms with Gasteiger partial charge in [-0.15, -0.1) is 0 Å². The molecule has 3 heterocycles. The van der Waals surface area contributed by atoms with Crippen molar-refractivity contribution in [2.45, 2.75) is 45.7 Å². The van der Waals surface area contributed by atoms with Crippen molar-refractivity contribution in [1.82, 2.24) is 25.0 Å². The van der Waals surface area contributed by atoms with Crippen LogP contribution in [0.2, 0.25) is 0 Å². The number of piperidine rings is 1. The molecular weight excluding hydrogens is 432 g/mol. The number of aromatic amines is 1. The van der Waals surface area contributed by atoms with Crippen molar-refractivity contribution in [3.05, 3.63) is 41.7 Å². The molecular formula is C25H34N6O3. The van der Waals surface area contributed by atoms with Crippen molar-refractivity contribution in [3.63, 3.8) is 0 Å². The molecule has 0 aliphatic carbocycles. The topological polar surface area (TPSA) is 108 Å². The number of carbonyl (C=O) groups excluding carboxylic acids is 1. The molecule has 1 saturated heterocycles. The SMILES string of the molecule is COCCNC(=O)c1ccc2[nH]c(O)c(C(C)=Nc3cnn(C4CCN(C(C)C)CC4)c3)c2c1. The average molecular weight is 467 g/mol. The Hall–Kier alpha value is -3.17. The molecule has 3 N–H and O–H groups in total. The number of nitrogens with zero attached hydrogens (tertiary/aromatic N) is 4. The minimum atomic E-state index is -0.190. The third kappa shape index (κ3) is 5.15. The van der Waals surface area contributed by atoms with E-state index in [4.69, 9.17) is 9.73 Å². The molecule has 0 bridgehead atoms. The lowest BCUT2D eigenvalue weighted by Gasteiger charge is -2.34. The highest BCUT2D eigenvalue weighted by atomic mass is 16.5. The normalized spacial score (nSPS) is 16.0. The number of amides is 1. The lowest BCUT2D eigenvalue weighted by Crippen LogP contribution is -2.39. The smallest absolute Gasteiger partial charge is 0.251 e. The number of aliphatic imine (C=N–C) groups is 1. The van der Waals surface area contributed by atoms with Gasteiger partial charge in [-0.3, -0.25) is 9.48 Å². The number of fused-ring (bicyclic) bond motifs is 1. The van der Waals surface area contributed by atoms with Gasteiger partial charge in [-0.05, 0) is 51.8 Å². The molecule has 182 valence electrons. The highest BCUT2D eigenvalue weighted by Gasteiger charge is 2.23. The third-order valence-electron chi connectivity index (χ3n) is 6.48. The van der Waals surface area contributed by atoms with Crippen LogP contribution in [0.1, 0.15) is 55.6 Å². The maximum Gasteiger partial charge on any atom is 0.251 e. The Balaban J connectivity index is 1.54. The van der Waals surface area contributed by atoms with Crippen LogP contribution >= 0.6 is 0 Å². The lowest BCUT2D eigenvalue weighted by molar-refractivity contribution is 0.0937. The van der Waals surface area contributed by atoms with Crippen LogP contribution in [0.5, 0.6) is 5.88 Å². The highest BCUT2D eigenvalue weighted by Crippen LogP contribution is 2.30. The molecule has 3 aromatic rings. The van der Waals surface area contributed by atoms with Crippen LogP contribution in [0.15, 0.2) is 35.6 Å². The average Bonchev–Trinajstić information content (AvgIpc) is 3.42. The van der Waals surface area contributed by atoms with E-state index in [2.05, 4.69) is 34.1 Å². The van der Waals surface area contributed by atoms with Crippen LogP contribution in [0.25, 0.3) is 10.9 Å². The molecule has 2 aromatic heterocycles. The van der Waals surface area contributed by atoms with Crippen molar-refractivity contribution in [2.75, 3.05) is 33.4 Å². The molecule has 0 saturated carbocycles. The second-order valence-electron chi connectivity index (χ2n) is 9.09. The van der Waals surface area contributed by atoms with E-state index in [1.807, 2.05) is 17.8 Å². The zero-order valence-corrected chi connectivity index (χ0v) is 20.3. The van der Waals surface area contributed by atoms with E-state index in [0.29, 0.717) is 42.1 Å². The number of H-pyrrole nitrogens is 1. The van der Waals surface area contributed by atoms with Gasteiger partial charge in [0.1, 0.15) is 5.69 Å². The molecule has 1 fully saturated rings. The number of methoxy groups -OCH3 is 1. The fourth-order valence-corrected chi connectivity index (χ4v) is 4.56. The number of rotatable bonds is 8. The number of aromatic hydroxyl groups is 1. The first-order valence-electron chi connectivity index (χ1n) is 11.8. The maximum atomic E-state index is 12.5. The highest BCUT2D eigenvalue weighted by molar-refractivity contribution is 6.13. The zero-order valence-electron chi connectivity index (χ0n) is 20.3. The van der Waals surface area contributed by atoms with Crippen LogP contribution in [0.3, 0.4) is 0 Å². The summed E-state index contributed by atoms with van der Waals surface area (Å²) in [6, 6.07) is 6.24. The van der Waals surface area contributed by atoms with Crippen molar-refractivity contribution < 1.29 is 14.6 Å². The van der Waals surface area contributed by atoms with Crippen LogP contribution in [-0.2, 0) is 4.74 Å². The van der Waals surface area contributed by atoms with Gasteiger partial charge in [-0.2, -0.15) is 5.10 Å². The van der Waals surface area contributed by atoms with Crippen molar-refractivity contribution in [1.29, 1.82) is 0 Å². The summed E-state index contributed by atoms with van der Waals surface area (Å²) in [6.07, 6.45) is 5.87. The summed E-state index contributed by atoms with van der Waals surface area (Å²) in [5.41, 5.74) is 3.22. The molecule has 0 radical (unpaired) electrons. The van der Waals surface area contributed by atoms with E-state index in [1.165, 1.54) is 0 Å². The van der Waals surface area contributed by atoms with Crippen molar-refractivity contribution in [3.8, 4) is 5.88 Å². The van der Waals surface area contributed by atoms with Gasteiger partial charge in [0, 0.05) is 49.3 Å². The fourth-order valence-electron chi connectivity index (χ4n) is 4.56. The van der Waals surface area contributed by atoms with Gasteiger partial charge >= 0.3 is 0 Å². The van der Waals surface area contributed by atoms with Gasteiger partial charge in [0.25, 0.3) is 5.91 Å². The Labute approximate surface area is 199 Å². The van der Waals surface area contributed by atoms with Crippen LogP contribution in [-0.4, -0.2) is 75.8 Å². The Morgan fingerprint density at radius 3 is 2.82 bits per heavy atom. The van der Waals surface area contributed by atoms with E-state index in [-0.39, 0.29) is 11.8 Å². The zero-order chi connectivity index (χ0) is 24.2. The first kappa shape index (κ1) is 24.0.